The number of benzene rings is 1. The van der Waals surface area contributed by atoms with E-state index in [4.69, 9.17) is 0 Å². The summed E-state index contributed by atoms with van der Waals surface area (Å²) in [7, 11) is 0. The van der Waals surface area contributed by atoms with Crippen molar-refractivity contribution >= 4 is 17.5 Å². The van der Waals surface area contributed by atoms with Gasteiger partial charge in [0.25, 0.3) is 5.91 Å². The predicted octanol–water partition coefficient (Wildman–Crippen LogP) is 4.43. The van der Waals surface area contributed by atoms with Crippen molar-refractivity contribution in [2.75, 3.05) is 11.4 Å². The first-order valence-corrected chi connectivity index (χ1v) is 13.0. The molecule has 7 heteroatoms. The van der Waals surface area contributed by atoms with E-state index in [9.17, 15) is 14.9 Å². The highest BCUT2D eigenvalue weighted by Crippen LogP contribution is 2.41. The van der Waals surface area contributed by atoms with Gasteiger partial charge < -0.3 is 5.32 Å². The summed E-state index contributed by atoms with van der Waals surface area (Å²) >= 11 is 0. The zero-order valence-electron chi connectivity index (χ0n) is 20.1. The number of nitrogens with zero attached hydrogens (tertiary/aromatic N) is 4. The highest BCUT2D eigenvalue weighted by molar-refractivity contribution is 6.04. The molecule has 2 unspecified atom stereocenters. The van der Waals surface area contributed by atoms with Crippen LogP contribution >= 0.6 is 0 Å². The largest absolute Gasteiger partial charge is 0.351 e. The lowest BCUT2D eigenvalue weighted by molar-refractivity contribution is -0.128. The number of hydrogen-bond donors (Lipinski definition) is 1. The number of aromatic nitrogens is 1. The molecule has 3 fully saturated rings. The Morgan fingerprint density at radius 1 is 1.03 bits per heavy atom. The van der Waals surface area contributed by atoms with Gasteiger partial charge in [-0.1, -0.05) is 37.5 Å². The summed E-state index contributed by atoms with van der Waals surface area (Å²) in [6.45, 7) is 0.563. The van der Waals surface area contributed by atoms with E-state index < -0.39 is 12.1 Å². The van der Waals surface area contributed by atoms with Crippen LogP contribution in [0, 0.1) is 11.5 Å². The number of nitriles is 1. The predicted molar refractivity (Wildman–Crippen MR) is 133 cm³/mol. The average Bonchev–Trinajstić information content (AvgIpc) is 3.64. The van der Waals surface area contributed by atoms with Gasteiger partial charge in [0.1, 0.15) is 12.1 Å². The topological polar surface area (TPSA) is 89.3 Å². The van der Waals surface area contributed by atoms with E-state index in [-0.39, 0.29) is 17.9 Å². The van der Waals surface area contributed by atoms with Crippen molar-refractivity contribution in [1.82, 2.24) is 15.2 Å². The van der Waals surface area contributed by atoms with Crippen LogP contribution < -0.4 is 10.2 Å². The third kappa shape index (κ3) is 5.17. The van der Waals surface area contributed by atoms with E-state index in [1.165, 1.54) is 24.8 Å². The minimum atomic E-state index is -0.856. The molecule has 0 radical (unpaired) electrons. The summed E-state index contributed by atoms with van der Waals surface area (Å²) < 4.78 is 0. The molecule has 5 rings (SSSR count). The third-order valence-electron chi connectivity index (χ3n) is 7.58. The Balaban J connectivity index is 1.53. The van der Waals surface area contributed by atoms with Crippen molar-refractivity contribution in [2.45, 2.75) is 81.8 Å². The number of anilines is 1. The number of pyridine rings is 1. The zero-order chi connectivity index (χ0) is 24.2. The van der Waals surface area contributed by atoms with E-state index in [0.717, 1.165) is 32.1 Å². The second-order valence-corrected chi connectivity index (χ2v) is 10.1. The van der Waals surface area contributed by atoms with Crippen molar-refractivity contribution < 1.29 is 9.59 Å². The Bertz CT molecular complexity index is 1070. The van der Waals surface area contributed by atoms with Gasteiger partial charge in [-0.05, 0) is 68.2 Å². The maximum absolute atomic E-state index is 14.1. The van der Waals surface area contributed by atoms with Crippen LogP contribution in [0.25, 0.3) is 0 Å². The van der Waals surface area contributed by atoms with Gasteiger partial charge in [-0.25, -0.2) is 0 Å². The van der Waals surface area contributed by atoms with Gasteiger partial charge in [0.2, 0.25) is 5.91 Å². The lowest BCUT2D eigenvalue weighted by Crippen LogP contribution is -2.51. The molecule has 7 nitrogen and oxygen atoms in total. The molecule has 2 aromatic rings. The molecule has 182 valence electrons. The molecule has 2 saturated carbocycles. The van der Waals surface area contributed by atoms with Crippen molar-refractivity contribution in [3.8, 4) is 6.19 Å². The molecule has 2 atom stereocenters. The first kappa shape index (κ1) is 23.3. The summed E-state index contributed by atoms with van der Waals surface area (Å²) in [5.41, 5.74) is 2.61. The number of carbonyl (C=O) groups excluding carboxylic acids is 2. The minimum Gasteiger partial charge on any atom is -0.351 e. The second kappa shape index (κ2) is 10.5. The quantitative estimate of drug-likeness (QED) is 0.604. The first-order valence-electron chi connectivity index (χ1n) is 13.0. The summed E-state index contributed by atoms with van der Waals surface area (Å²) in [5, 5.41) is 12.9. The van der Waals surface area contributed by atoms with Crippen molar-refractivity contribution in [2.24, 2.45) is 0 Å². The van der Waals surface area contributed by atoms with E-state index in [1.54, 1.807) is 28.3 Å². The van der Waals surface area contributed by atoms with Crippen LogP contribution in [0.1, 0.15) is 80.9 Å². The molecule has 1 aromatic carbocycles. The van der Waals surface area contributed by atoms with Crippen molar-refractivity contribution in [3.05, 3.63) is 59.9 Å². The SMILES string of the molecule is N#CN1CCCC1C(=O)N(c1ccc(C2CC2)cc1)C(C(=O)NC1CCCCC1)c1cccnc1. The van der Waals surface area contributed by atoms with Crippen molar-refractivity contribution in [1.29, 1.82) is 5.26 Å². The summed E-state index contributed by atoms with van der Waals surface area (Å²) in [6, 6.07) is 10.4. The van der Waals surface area contributed by atoms with Crippen molar-refractivity contribution in [3.63, 3.8) is 0 Å². The Labute approximate surface area is 207 Å². The van der Waals surface area contributed by atoms with Gasteiger partial charge in [-0.3, -0.25) is 24.4 Å². The van der Waals surface area contributed by atoms with Gasteiger partial charge in [0.15, 0.2) is 6.19 Å². The maximum Gasteiger partial charge on any atom is 0.251 e. The molecular weight excluding hydrogens is 438 g/mol. The first-order chi connectivity index (χ1) is 17.2. The van der Waals surface area contributed by atoms with Gasteiger partial charge in [0.05, 0.1) is 0 Å². The highest BCUT2D eigenvalue weighted by atomic mass is 16.2. The normalized spacial score (nSPS) is 21.2. The molecular formula is C28H33N5O2. The Morgan fingerprint density at radius 3 is 2.46 bits per heavy atom. The average molecular weight is 472 g/mol. The van der Waals surface area contributed by atoms with Gasteiger partial charge >= 0.3 is 0 Å². The molecule has 1 aromatic heterocycles. The number of rotatable bonds is 7. The van der Waals surface area contributed by atoms with Crippen LogP contribution in [-0.4, -0.2) is 40.3 Å². The monoisotopic (exact) mass is 471 g/mol. The molecule has 2 aliphatic carbocycles. The number of nitrogens with one attached hydrogen (secondary N) is 1. The van der Waals surface area contributed by atoms with Gasteiger partial charge in [-0.2, -0.15) is 5.26 Å². The summed E-state index contributed by atoms with van der Waals surface area (Å²) in [6.07, 6.45) is 14.6. The summed E-state index contributed by atoms with van der Waals surface area (Å²) in [4.78, 5) is 35.4. The minimum absolute atomic E-state index is 0.117. The van der Waals surface area contributed by atoms with E-state index in [1.807, 2.05) is 18.2 Å². The third-order valence-corrected chi connectivity index (χ3v) is 7.58. The lowest BCUT2D eigenvalue weighted by atomic mass is 9.94. The Hall–Kier alpha value is -3.40. The molecule has 0 spiro atoms. The molecule has 3 aliphatic rings. The zero-order valence-corrected chi connectivity index (χ0v) is 20.1. The molecule has 2 heterocycles. The Kier molecular flexibility index (Phi) is 6.98. The van der Waals surface area contributed by atoms with Crippen LogP contribution in [0.5, 0.6) is 0 Å². The fraction of sp³-hybridized carbons (Fsp3) is 0.500. The Morgan fingerprint density at radius 2 is 1.80 bits per heavy atom. The van der Waals surface area contributed by atoms with Gasteiger partial charge in [-0.15, -0.1) is 0 Å². The standard InChI is InChI=1S/C28H33N5O2/c29-19-32-17-5-9-25(32)28(35)33(24-14-12-21(13-15-24)20-10-11-20)26(22-6-4-16-30-18-22)27(34)31-23-7-2-1-3-8-23/h4,6,12-16,18,20,23,25-26H,1-3,5,7-11,17H2,(H,31,34). The lowest BCUT2D eigenvalue weighted by Gasteiger charge is -2.35. The van der Waals surface area contributed by atoms with Crippen LogP contribution in [0.15, 0.2) is 48.8 Å². The molecule has 2 amide bonds. The van der Waals surface area contributed by atoms with E-state index >= 15 is 0 Å². The molecule has 35 heavy (non-hydrogen) atoms. The number of amides is 2. The summed E-state index contributed by atoms with van der Waals surface area (Å²) in [5.74, 6) is 0.197. The van der Waals surface area contributed by atoms with E-state index in [2.05, 4.69) is 28.6 Å². The van der Waals surface area contributed by atoms with Crippen LogP contribution in [0.2, 0.25) is 0 Å². The number of likely N-dealkylation sites (tertiary alicyclic amines) is 1. The molecule has 0 bridgehead atoms. The van der Waals surface area contributed by atoms with E-state index in [0.29, 0.717) is 30.1 Å². The molecule has 1 N–H and O–H groups in total. The molecule has 1 saturated heterocycles. The van der Waals surface area contributed by atoms with Crippen LogP contribution in [0.4, 0.5) is 5.69 Å². The highest BCUT2D eigenvalue weighted by Gasteiger charge is 2.40. The fourth-order valence-corrected chi connectivity index (χ4v) is 5.51. The van der Waals surface area contributed by atoms with Crippen LogP contribution in [-0.2, 0) is 9.59 Å². The number of hydrogen-bond acceptors (Lipinski definition) is 5. The number of carbonyl (C=O) groups is 2. The van der Waals surface area contributed by atoms with Crippen LogP contribution in [0.3, 0.4) is 0 Å². The molecule has 1 aliphatic heterocycles. The fourth-order valence-electron chi connectivity index (χ4n) is 5.51. The second-order valence-electron chi connectivity index (χ2n) is 10.1. The maximum atomic E-state index is 14.1. The smallest absolute Gasteiger partial charge is 0.251 e. The van der Waals surface area contributed by atoms with Gasteiger partial charge in [0, 0.05) is 36.2 Å².